The second kappa shape index (κ2) is 15.6. The maximum absolute atomic E-state index is 5.50. The lowest BCUT2D eigenvalue weighted by Crippen LogP contribution is -2.38. The first-order valence-corrected chi connectivity index (χ1v) is 23.7. The molecule has 0 spiro atoms. The number of thioether (sulfide) groups is 1. The van der Waals surface area contributed by atoms with Gasteiger partial charge in [-0.25, -0.2) is 9.98 Å². The fourth-order valence-corrected chi connectivity index (χ4v) is 13.0. The number of benzene rings is 2. The van der Waals surface area contributed by atoms with Crippen molar-refractivity contribution >= 4 is 45.8 Å². The van der Waals surface area contributed by atoms with Crippen molar-refractivity contribution in [2.24, 2.45) is 21.8 Å². The molecule has 0 radical (unpaired) electrons. The summed E-state index contributed by atoms with van der Waals surface area (Å²) < 4.78 is 0. The molecule has 6 heteroatoms. The highest BCUT2D eigenvalue weighted by molar-refractivity contribution is 8.04. The van der Waals surface area contributed by atoms with Crippen molar-refractivity contribution in [2.45, 2.75) is 94.5 Å². The van der Waals surface area contributed by atoms with Gasteiger partial charge in [-0.1, -0.05) is 116 Å². The number of aromatic nitrogens is 1. The first kappa shape index (κ1) is 37.0. The molecule has 3 aromatic carbocycles. The van der Waals surface area contributed by atoms with Crippen LogP contribution in [0.2, 0.25) is 0 Å². The summed E-state index contributed by atoms with van der Waals surface area (Å²) in [7, 11) is 0. The van der Waals surface area contributed by atoms with E-state index in [1.165, 1.54) is 83.3 Å². The van der Waals surface area contributed by atoms with Crippen LogP contribution in [0.15, 0.2) is 159 Å². The fourth-order valence-electron chi connectivity index (χ4n) is 11.4. The van der Waals surface area contributed by atoms with Gasteiger partial charge in [0.25, 0.3) is 0 Å². The molecule has 0 saturated heterocycles. The lowest BCUT2D eigenvalue weighted by atomic mass is 9.78. The number of nitrogens with zero attached hydrogens (tertiary/aromatic N) is 3. The second-order valence-electron chi connectivity index (χ2n) is 17.8. The van der Waals surface area contributed by atoms with Gasteiger partial charge >= 0.3 is 0 Å². The van der Waals surface area contributed by atoms with Crippen LogP contribution in [0.25, 0.3) is 16.7 Å². The number of allylic oxidation sites excluding steroid dienone is 11. The summed E-state index contributed by atoms with van der Waals surface area (Å²) in [4.78, 5) is 19.2. The molecular weight excluding hydrogens is 763 g/mol. The number of para-hydroxylation sites is 1. The summed E-state index contributed by atoms with van der Waals surface area (Å²) in [5.74, 6) is 2.74. The lowest BCUT2D eigenvalue weighted by molar-refractivity contribution is 0.366. The zero-order valence-electron chi connectivity index (χ0n) is 34.7. The van der Waals surface area contributed by atoms with Crippen molar-refractivity contribution in [3.05, 3.63) is 189 Å². The van der Waals surface area contributed by atoms with Gasteiger partial charge in [-0.3, -0.25) is 0 Å². The van der Waals surface area contributed by atoms with Gasteiger partial charge in [0.2, 0.25) is 0 Å². The molecule has 1 fully saturated rings. The number of anilines is 1. The summed E-state index contributed by atoms with van der Waals surface area (Å²) in [6, 6.07) is 37.6. The minimum absolute atomic E-state index is 0.302. The van der Waals surface area contributed by atoms with E-state index >= 15 is 0 Å². The minimum atomic E-state index is -0.302. The highest BCUT2D eigenvalue weighted by Gasteiger charge is 2.50. The molecule has 2 N–H and O–H groups in total. The fraction of sp³-hybridized carbons (Fsp3) is 0.309. The van der Waals surface area contributed by atoms with Crippen LogP contribution in [0, 0.1) is 24.0 Å². The summed E-state index contributed by atoms with van der Waals surface area (Å²) in [5.41, 5.74) is 16.8. The zero-order chi connectivity index (χ0) is 40.3. The third kappa shape index (κ3) is 6.55. The van der Waals surface area contributed by atoms with E-state index in [-0.39, 0.29) is 6.17 Å². The van der Waals surface area contributed by atoms with E-state index in [4.69, 9.17) is 9.98 Å². The number of H-pyrrole nitrogens is 1. The average Bonchev–Trinajstić information content (AvgIpc) is 4.05. The highest BCUT2D eigenvalue weighted by atomic mass is 32.2. The lowest BCUT2D eigenvalue weighted by Gasteiger charge is -2.37. The molecular formula is C55H51N5S. The molecule has 4 heterocycles. The van der Waals surface area contributed by atoms with Crippen LogP contribution in [0.4, 0.5) is 5.69 Å². The van der Waals surface area contributed by atoms with Crippen molar-refractivity contribution in [3.8, 4) is 0 Å². The third-order valence-corrected chi connectivity index (χ3v) is 15.7. The van der Waals surface area contributed by atoms with E-state index in [1.807, 2.05) is 6.07 Å². The zero-order valence-corrected chi connectivity index (χ0v) is 35.5. The van der Waals surface area contributed by atoms with Crippen LogP contribution in [0.1, 0.15) is 111 Å². The average molecular weight is 814 g/mol. The van der Waals surface area contributed by atoms with Gasteiger partial charge in [-0.15, -0.1) is 11.8 Å². The van der Waals surface area contributed by atoms with E-state index in [9.17, 15) is 0 Å². The van der Waals surface area contributed by atoms with Crippen molar-refractivity contribution < 1.29 is 0 Å². The summed E-state index contributed by atoms with van der Waals surface area (Å²) >= 11 is 2.16. The summed E-state index contributed by atoms with van der Waals surface area (Å²) in [6.07, 6.45) is 28.4. The van der Waals surface area contributed by atoms with Gasteiger partial charge in [-0.05, 0) is 127 Å². The number of aliphatic imine (C=N–C) groups is 2. The Kier molecular flexibility index (Phi) is 9.47. The maximum Gasteiger partial charge on any atom is 0.154 e. The van der Waals surface area contributed by atoms with E-state index < -0.39 is 0 Å². The molecule has 1 saturated carbocycles. The number of aromatic amines is 1. The first-order valence-electron chi connectivity index (χ1n) is 22.8. The quantitative estimate of drug-likeness (QED) is 0.195. The first-order chi connectivity index (χ1) is 30.2. The van der Waals surface area contributed by atoms with Gasteiger partial charge in [-0.2, -0.15) is 0 Å². The molecule has 1 aromatic heterocycles. The van der Waals surface area contributed by atoms with Crippen molar-refractivity contribution in [1.29, 1.82) is 0 Å². The maximum atomic E-state index is 5.50. The van der Waals surface area contributed by atoms with Gasteiger partial charge < -0.3 is 15.2 Å². The topological polar surface area (TPSA) is 55.8 Å². The second-order valence-corrected chi connectivity index (χ2v) is 19.0. The standard InChI is InChI=1S/C55H51N5S/c1-5-17-35(18-6-1)40-25-13-14-26-41(40)47-34-46(55-58-53(36-19-7-2-8-20-36)57-54(59-55)37-21-9-3-10-22-37)50(56-47)38-29-32-49-45(33-38)44-31-30-43-42-27-15-16-28-48(42)60(51(43)52(44)61-49)39-23-11-4-12-24-39/h1-2,4-5,7-8,11-12,17,19-21,23-26,30-31,33-34,42,44,48,52,55-56H,3,9-10,13-16,22,27-29,32H2,(H,57,58,59). The largest absolute Gasteiger partial charge is 0.354 e. The van der Waals surface area contributed by atoms with E-state index in [2.05, 4.69) is 154 Å². The Morgan fingerprint density at radius 1 is 0.770 bits per heavy atom. The molecule has 5 unspecified atom stereocenters. The van der Waals surface area contributed by atoms with Crippen LogP contribution in [-0.2, 0) is 0 Å². The van der Waals surface area contributed by atoms with E-state index in [1.54, 1.807) is 16.2 Å². The van der Waals surface area contributed by atoms with Crippen LogP contribution in [-0.4, -0.2) is 27.9 Å². The number of rotatable bonds is 7. The van der Waals surface area contributed by atoms with Gasteiger partial charge in [0, 0.05) is 62.9 Å². The molecule has 302 valence electrons. The van der Waals surface area contributed by atoms with E-state index in [0.29, 0.717) is 23.1 Å². The molecule has 61 heavy (non-hydrogen) atoms. The summed E-state index contributed by atoms with van der Waals surface area (Å²) in [6.45, 7) is 0. The van der Waals surface area contributed by atoms with Crippen LogP contribution in [0.5, 0.6) is 0 Å². The molecule has 5 atom stereocenters. The van der Waals surface area contributed by atoms with Crippen molar-refractivity contribution in [1.82, 2.24) is 10.3 Å². The number of nitrogens with one attached hydrogen (secondary N) is 2. The van der Waals surface area contributed by atoms with Crippen molar-refractivity contribution in [2.75, 3.05) is 4.90 Å². The molecule has 5 aliphatic carbocycles. The van der Waals surface area contributed by atoms with Gasteiger partial charge in [0.1, 0.15) is 12.0 Å². The Hall–Kier alpha value is -5.77. The molecule has 8 aliphatic rings. The van der Waals surface area contributed by atoms with Crippen LogP contribution < -0.4 is 10.2 Å². The Morgan fingerprint density at radius 3 is 2.46 bits per heavy atom. The number of hydrogen-bond donors (Lipinski definition) is 2. The minimum Gasteiger partial charge on any atom is -0.354 e. The highest BCUT2D eigenvalue weighted by Crippen LogP contribution is 2.59. The number of amidine groups is 2. The molecule has 3 aliphatic heterocycles. The Morgan fingerprint density at radius 2 is 1.62 bits per heavy atom. The summed E-state index contributed by atoms with van der Waals surface area (Å²) in [5, 5.41) is 4.27. The number of fused-ring (bicyclic) bond motifs is 5. The van der Waals surface area contributed by atoms with Crippen LogP contribution in [0.3, 0.4) is 0 Å². The monoisotopic (exact) mass is 813 g/mol. The van der Waals surface area contributed by atoms with Crippen molar-refractivity contribution in [3.63, 3.8) is 0 Å². The molecule has 0 bridgehead atoms. The molecule has 12 rings (SSSR count). The molecule has 0 amide bonds. The van der Waals surface area contributed by atoms with Crippen LogP contribution >= 0.6 is 11.8 Å². The third-order valence-electron chi connectivity index (χ3n) is 14.2. The Labute approximate surface area is 364 Å². The molecule has 4 aromatic rings. The van der Waals surface area contributed by atoms with Gasteiger partial charge in [0.05, 0.1) is 5.25 Å². The van der Waals surface area contributed by atoms with Gasteiger partial charge in [0.15, 0.2) is 5.84 Å². The predicted molar refractivity (Wildman–Crippen MR) is 253 cm³/mol. The number of hydrogen-bond acceptors (Lipinski definition) is 5. The SMILES string of the molecule is c1cccc(C2=CCCC=C2c2cc(C3N=C(C4=CCCCC4)N=C(c4ccccc4)N3)c(C3=CC4=C(CC3)SC3C5=C(C=CC43)C3CCCCC3N5c3ccccc3)[nH]2)c#1. The predicted octanol–water partition coefficient (Wildman–Crippen LogP) is 12.9. The normalized spacial score (nSPS) is 26.7. The molecule has 5 nitrogen and oxygen atoms in total. The smallest absolute Gasteiger partial charge is 0.154 e. The Balaban J connectivity index is 0.956. The van der Waals surface area contributed by atoms with E-state index in [0.717, 1.165) is 67.0 Å². The Bertz CT molecular complexity index is 2670.